The Labute approximate surface area is 118 Å². The molecular formula is C10H11N3O5S2. The molecule has 0 saturated heterocycles. The van der Waals surface area contributed by atoms with E-state index in [1.807, 2.05) is 0 Å². The summed E-state index contributed by atoms with van der Waals surface area (Å²) in [5, 5.41) is 10.5. The topological polar surface area (TPSA) is 128 Å². The largest absolute Gasteiger partial charge is 0.469 e. The first-order valence-electron chi connectivity index (χ1n) is 5.46. The predicted octanol–water partition coefficient (Wildman–Crippen LogP) is 1.35. The lowest BCUT2D eigenvalue weighted by atomic mass is 10.3. The molecule has 0 atom stereocenters. The summed E-state index contributed by atoms with van der Waals surface area (Å²) in [6.07, 6.45) is 1.88. The van der Waals surface area contributed by atoms with E-state index in [1.165, 1.54) is 6.26 Å². The SMILES string of the molecule is Nc1sc(S(=O)(=O)NCCc2ccco2)cc1[N+](=O)[O-]. The molecule has 8 nitrogen and oxygen atoms in total. The number of nitrogens with zero attached hydrogens (tertiary/aromatic N) is 1. The number of anilines is 1. The zero-order chi connectivity index (χ0) is 14.8. The van der Waals surface area contributed by atoms with Gasteiger partial charge in [0.15, 0.2) is 5.00 Å². The molecule has 2 rings (SSSR count). The van der Waals surface area contributed by atoms with Gasteiger partial charge < -0.3 is 10.2 Å². The lowest BCUT2D eigenvalue weighted by Crippen LogP contribution is -2.25. The molecule has 3 N–H and O–H groups in total. The standard InChI is InChI=1S/C10H11N3O5S2/c11-10-8(13(14)15)6-9(19-10)20(16,17)12-4-3-7-2-1-5-18-7/h1-2,5-6,12H,3-4,11H2. The number of nitrogen functional groups attached to an aromatic ring is 1. The van der Waals surface area contributed by atoms with Crippen LogP contribution in [-0.2, 0) is 16.4 Å². The van der Waals surface area contributed by atoms with Crippen LogP contribution in [0.1, 0.15) is 5.76 Å². The Morgan fingerprint density at radius 1 is 1.50 bits per heavy atom. The Morgan fingerprint density at radius 2 is 2.25 bits per heavy atom. The third-order valence-electron chi connectivity index (χ3n) is 2.42. The molecule has 0 radical (unpaired) electrons. The smallest absolute Gasteiger partial charge is 0.304 e. The highest BCUT2D eigenvalue weighted by molar-refractivity contribution is 7.91. The molecule has 10 heteroatoms. The quantitative estimate of drug-likeness (QED) is 0.611. The zero-order valence-corrected chi connectivity index (χ0v) is 11.7. The van der Waals surface area contributed by atoms with Crippen LogP contribution in [0.5, 0.6) is 0 Å². The van der Waals surface area contributed by atoms with Gasteiger partial charge in [-0.3, -0.25) is 10.1 Å². The molecule has 20 heavy (non-hydrogen) atoms. The minimum atomic E-state index is -3.81. The number of sulfonamides is 1. The molecule has 0 aliphatic carbocycles. The van der Waals surface area contributed by atoms with Gasteiger partial charge >= 0.3 is 5.69 Å². The third kappa shape index (κ3) is 3.15. The molecule has 2 aromatic rings. The van der Waals surface area contributed by atoms with Crippen molar-refractivity contribution >= 4 is 32.0 Å². The number of thiophene rings is 1. The van der Waals surface area contributed by atoms with Crippen molar-refractivity contribution in [3.05, 3.63) is 40.3 Å². The van der Waals surface area contributed by atoms with Crippen LogP contribution in [0.25, 0.3) is 0 Å². The number of nitrogens with one attached hydrogen (secondary N) is 1. The van der Waals surface area contributed by atoms with Crippen molar-refractivity contribution in [3.8, 4) is 0 Å². The first-order chi connectivity index (χ1) is 9.40. The van der Waals surface area contributed by atoms with E-state index in [-0.39, 0.29) is 15.8 Å². The minimum Gasteiger partial charge on any atom is -0.469 e. The lowest BCUT2D eigenvalue weighted by Gasteiger charge is -2.02. The Hall–Kier alpha value is -1.91. The van der Waals surface area contributed by atoms with Crippen LogP contribution in [0.3, 0.4) is 0 Å². The van der Waals surface area contributed by atoms with Crippen molar-refractivity contribution < 1.29 is 17.8 Å². The molecule has 0 aliphatic heterocycles. The fourth-order valence-electron chi connectivity index (χ4n) is 1.48. The van der Waals surface area contributed by atoms with Gasteiger partial charge in [-0.2, -0.15) is 0 Å². The summed E-state index contributed by atoms with van der Waals surface area (Å²) in [4.78, 5) is 9.92. The maximum Gasteiger partial charge on any atom is 0.304 e. The monoisotopic (exact) mass is 317 g/mol. The normalized spacial score (nSPS) is 11.6. The Kier molecular flexibility index (Phi) is 4.06. The zero-order valence-electron chi connectivity index (χ0n) is 10.1. The summed E-state index contributed by atoms with van der Waals surface area (Å²) in [7, 11) is -3.81. The molecule has 0 spiro atoms. The number of furan rings is 1. The third-order valence-corrected chi connectivity index (χ3v) is 5.31. The van der Waals surface area contributed by atoms with E-state index < -0.39 is 20.6 Å². The van der Waals surface area contributed by atoms with Gasteiger partial charge in [-0.05, 0) is 12.1 Å². The van der Waals surface area contributed by atoms with E-state index in [4.69, 9.17) is 10.2 Å². The van der Waals surface area contributed by atoms with E-state index in [2.05, 4.69) is 4.72 Å². The van der Waals surface area contributed by atoms with Crippen molar-refractivity contribution in [1.82, 2.24) is 4.72 Å². The van der Waals surface area contributed by atoms with Crippen LogP contribution in [0.2, 0.25) is 0 Å². The molecule has 0 aromatic carbocycles. The van der Waals surface area contributed by atoms with Gasteiger partial charge in [0.1, 0.15) is 9.97 Å². The highest BCUT2D eigenvalue weighted by Crippen LogP contribution is 2.34. The van der Waals surface area contributed by atoms with Crippen LogP contribution in [0, 0.1) is 10.1 Å². The first-order valence-corrected chi connectivity index (χ1v) is 7.76. The van der Waals surface area contributed by atoms with Gasteiger partial charge in [0.2, 0.25) is 10.0 Å². The van der Waals surface area contributed by atoms with E-state index in [1.54, 1.807) is 12.1 Å². The van der Waals surface area contributed by atoms with E-state index >= 15 is 0 Å². The van der Waals surface area contributed by atoms with Crippen LogP contribution in [-0.4, -0.2) is 19.9 Å². The van der Waals surface area contributed by atoms with Gasteiger partial charge in [-0.15, -0.1) is 0 Å². The number of nitro groups is 1. The van der Waals surface area contributed by atoms with Gasteiger partial charge in [0.05, 0.1) is 11.2 Å². The van der Waals surface area contributed by atoms with Crippen molar-refractivity contribution in [3.63, 3.8) is 0 Å². The number of hydrogen-bond donors (Lipinski definition) is 2. The fourth-order valence-corrected chi connectivity index (χ4v) is 3.77. The summed E-state index contributed by atoms with van der Waals surface area (Å²) in [5.74, 6) is 0.643. The van der Waals surface area contributed by atoms with Crippen molar-refractivity contribution in [2.24, 2.45) is 0 Å². The highest BCUT2D eigenvalue weighted by Gasteiger charge is 2.24. The van der Waals surface area contributed by atoms with Gasteiger partial charge in [0.25, 0.3) is 0 Å². The molecule has 0 fully saturated rings. The maximum absolute atomic E-state index is 11.9. The molecule has 0 amide bonds. The van der Waals surface area contributed by atoms with Gasteiger partial charge in [0, 0.05) is 19.0 Å². The predicted molar refractivity (Wildman–Crippen MR) is 73.0 cm³/mol. The summed E-state index contributed by atoms with van der Waals surface area (Å²) in [6.45, 7) is 0.126. The summed E-state index contributed by atoms with van der Waals surface area (Å²) >= 11 is 0.660. The Balaban J connectivity index is 2.06. The number of nitrogens with two attached hydrogens (primary N) is 1. The molecule has 0 unspecified atom stereocenters. The first kappa shape index (κ1) is 14.5. The Bertz CT molecular complexity index is 705. The second-order valence-electron chi connectivity index (χ2n) is 3.80. The minimum absolute atomic E-state index is 0.126. The van der Waals surface area contributed by atoms with E-state index in [0.29, 0.717) is 23.5 Å². The average molecular weight is 317 g/mol. The molecule has 108 valence electrons. The fraction of sp³-hybridized carbons (Fsp3) is 0.200. The van der Waals surface area contributed by atoms with Crippen LogP contribution in [0.15, 0.2) is 33.1 Å². The van der Waals surface area contributed by atoms with Crippen molar-refractivity contribution in [1.29, 1.82) is 0 Å². The highest BCUT2D eigenvalue weighted by atomic mass is 32.2. The van der Waals surface area contributed by atoms with Crippen LogP contribution in [0.4, 0.5) is 10.7 Å². The molecular weight excluding hydrogens is 306 g/mol. The molecule has 0 saturated carbocycles. The van der Waals surface area contributed by atoms with Gasteiger partial charge in [-0.1, -0.05) is 11.3 Å². The molecule has 0 aliphatic rings. The second-order valence-corrected chi connectivity index (χ2v) is 6.88. The van der Waals surface area contributed by atoms with Gasteiger partial charge in [-0.25, -0.2) is 13.1 Å². The van der Waals surface area contributed by atoms with Crippen molar-refractivity contribution in [2.45, 2.75) is 10.6 Å². The second kappa shape index (κ2) is 5.61. The number of rotatable bonds is 6. The summed E-state index contributed by atoms with van der Waals surface area (Å²) < 4.78 is 31.1. The summed E-state index contributed by atoms with van der Waals surface area (Å²) in [6, 6.07) is 4.38. The van der Waals surface area contributed by atoms with E-state index in [9.17, 15) is 18.5 Å². The van der Waals surface area contributed by atoms with Crippen LogP contribution < -0.4 is 10.5 Å². The van der Waals surface area contributed by atoms with E-state index in [0.717, 1.165) is 6.07 Å². The molecule has 0 bridgehead atoms. The molecule has 2 aromatic heterocycles. The molecule has 2 heterocycles. The van der Waals surface area contributed by atoms with Crippen LogP contribution >= 0.6 is 11.3 Å². The Morgan fingerprint density at radius 3 is 2.80 bits per heavy atom. The maximum atomic E-state index is 11.9. The summed E-state index contributed by atoms with van der Waals surface area (Å²) in [5.41, 5.74) is 5.01. The average Bonchev–Trinajstić information content (AvgIpc) is 2.98. The lowest BCUT2D eigenvalue weighted by molar-refractivity contribution is -0.383. The number of hydrogen-bond acceptors (Lipinski definition) is 7. The van der Waals surface area contributed by atoms with Crippen molar-refractivity contribution in [2.75, 3.05) is 12.3 Å².